The maximum absolute atomic E-state index is 12.4. The third-order valence-corrected chi connectivity index (χ3v) is 11.9. The number of aromatic hydroxyl groups is 2. The lowest BCUT2D eigenvalue weighted by Gasteiger charge is -2.54. The number of para-hydroxylation sites is 1. The van der Waals surface area contributed by atoms with Crippen molar-refractivity contribution in [1.82, 2.24) is 4.90 Å². The fourth-order valence-corrected chi connectivity index (χ4v) is 8.85. The Bertz CT molecular complexity index is 2110. The number of benzene rings is 5. The fourth-order valence-electron chi connectivity index (χ4n) is 8.85. The smallest absolute Gasteiger partial charge is 0.306 e. The van der Waals surface area contributed by atoms with Crippen LogP contribution < -0.4 is 4.90 Å². The zero-order valence-electron chi connectivity index (χ0n) is 38.5. The summed E-state index contributed by atoms with van der Waals surface area (Å²) in [7, 11) is 0. The lowest BCUT2D eigenvalue weighted by Crippen LogP contribution is -2.62. The lowest BCUT2D eigenvalue weighted by atomic mass is 9.78. The Kier molecular flexibility index (Phi) is 17.4. The average molecular weight is 861 g/mol. The van der Waals surface area contributed by atoms with Crippen molar-refractivity contribution in [3.05, 3.63) is 148 Å². The third kappa shape index (κ3) is 13.6. The number of phenols is 2. The van der Waals surface area contributed by atoms with Gasteiger partial charge in [-0.15, -0.1) is 0 Å². The Labute approximate surface area is 374 Å². The van der Waals surface area contributed by atoms with Crippen molar-refractivity contribution < 1.29 is 39.7 Å². The standard InChI is InChI=1S/C33H49NO6.C20H19NO2/c1-22-16-26(17-23(2)30(22)36)10-9-14-39-40-28-20-32(5,6)34(33(7,8)21-28)13-15-38-29(35)12-11-27-18-24(3)31(37)25(4)19-27;22-14-16-6-10-19(11-7-16)21(18-4-2-1-3-5-18)20-12-8-17(15-23)9-13-20/h16-19,28,36-37H,9-15,20-21H2,1-8H3;1-13,22-23H,14-15H2. The molecular formula is C53H68N2O8. The van der Waals surface area contributed by atoms with Crippen LogP contribution in [0.2, 0.25) is 0 Å². The molecule has 0 unspecified atom stereocenters. The van der Waals surface area contributed by atoms with Gasteiger partial charge in [0.1, 0.15) is 18.1 Å². The highest BCUT2D eigenvalue weighted by Gasteiger charge is 2.46. The van der Waals surface area contributed by atoms with Gasteiger partial charge in [-0.3, -0.25) is 9.69 Å². The van der Waals surface area contributed by atoms with Gasteiger partial charge >= 0.3 is 5.97 Å². The molecule has 10 nitrogen and oxygen atoms in total. The average Bonchev–Trinajstić information content (AvgIpc) is 3.25. The SMILES string of the molecule is Cc1cc(CCCOOC2CC(C)(C)N(CCOC(=O)CCc3cc(C)c(O)c(C)c3)C(C)(C)C2)cc(C)c1O.OCc1ccc(N(c2ccccc2)c2ccc(CO)cc2)cc1. The number of nitrogens with zero attached hydrogens (tertiary/aromatic N) is 2. The van der Waals surface area contributed by atoms with E-state index in [-0.39, 0.29) is 36.4 Å². The van der Waals surface area contributed by atoms with Gasteiger partial charge in [-0.25, -0.2) is 9.78 Å². The van der Waals surface area contributed by atoms with Crippen LogP contribution in [0, 0.1) is 27.7 Å². The fraction of sp³-hybridized carbons (Fsp3) is 0.415. The predicted molar refractivity (Wildman–Crippen MR) is 251 cm³/mol. The predicted octanol–water partition coefficient (Wildman–Crippen LogP) is 10.6. The molecule has 338 valence electrons. The molecule has 1 aliphatic rings. The number of carbonyl (C=O) groups excluding carboxylic acids is 1. The number of hydrogen-bond acceptors (Lipinski definition) is 10. The molecule has 0 saturated carbocycles. The maximum Gasteiger partial charge on any atom is 0.306 e. The molecule has 1 heterocycles. The van der Waals surface area contributed by atoms with Crippen LogP contribution in [-0.4, -0.2) is 68.2 Å². The number of ether oxygens (including phenoxy) is 1. The van der Waals surface area contributed by atoms with E-state index in [0.717, 1.165) is 81.7 Å². The highest BCUT2D eigenvalue weighted by atomic mass is 17.2. The summed E-state index contributed by atoms with van der Waals surface area (Å²) in [6.45, 7) is 18.0. The van der Waals surface area contributed by atoms with E-state index < -0.39 is 0 Å². The number of carbonyl (C=O) groups is 1. The molecule has 4 N–H and O–H groups in total. The quantitative estimate of drug-likeness (QED) is 0.0310. The molecule has 63 heavy (non-hydrogen) atoms. The largest absolute Gasteiger partial charge is 0.507 e. The van der Waals surface area contributed by atoms with Crippen molar-refractivity contribution in [2.75, 3.05) is 24.7 Å². The van der Waals surface area contributed by atoms with E-state index in [1.807, 2.05) is 119 Å². The van der Waals surface area contributed by atoms with Crippen LogP contribution in [0.3, 0.4) is 0 Å². The second kappa shape index (κ2) is 22.4. The van der Waals surface area contributed by atoms with E-state index in [0.29, 0.717) is 44.1 Å². The second-order valence-electron chi connectivity index (χ2n) is 18.0. The normalized spacial score (nSPS) is 14.8. The summed E-state index contributed by atoms with van der Waals surface area (Å²) >= 11 is 0. The molecule has 5 aromatic rings. The number of likely N-dealkylation sites (tertiary alicyclic amines) is 1. The van der Waals surface area contributed by atoms with E-state index in [2.05, 4.69) is 49.6 Å². The van der Waals surface area contributed by atoms with Crippen LogP contribution >= 0.6 is 0 Å². The van der Waals surface area contributed by atoms with Gasteiger partial charge in [-0.05, 0) is 168 Å². The highest BCUT2D eigenvalue weighted by molar-refractivity contribution is 5.76. The van der Waals surface area contributed by atoms with Gasteiger partial charge in [0.25, 0.3) is 0 Å². The van der Waals surface area contributed by atoms with Gasteiger partial charge in [0.15, 0.2) is 0 Å². The van der Waals surface area contributed by atoms with Crippen LogP contribution in [0.15, 0.2) is 103 Å². The number of anilines is 3. The Morgan fingerprint density at radius 1 is 0.635 bits per heavy atom. The zero-order valence-corrected chi connectivity index (χ0v) is 38.5. The van der Waals surface area contributed by atoms with Crippen LogP contribution in [0.5, 0.6) is 11.5 Å². The van der Waals surface area contributed by atoms with Crippen molar-refractivity contribution >= 4 is 23.0 Å². The van der Waals surface area contributed by atoms with Crippen molar-refractivity contribution in [3.63, 3.8) is 0 Å². The summed E-state index contributed by atoms with van der Waals surface area (Å²) < 4.78 is 5.61. The number of aliphatic hydroxyl groups is 2. The van der Waals surface area contributed by atoms with Crippen LogP contribution in [0.25, 0.3) is 0 Å². The van der Waals surface area contributed by atoms with Gasteiger partial charge in [-0.1, -0.05) is 66.7 Å². The monoisotopic (exact) mass is 860 g/mol. The minimum absolute atomic E-state index is 0.0146. The van der Waals surface area contributed by atoms with Crippen LogP contribution in [-0.2, 0) is 45.4 Å². The van der Waals surface area contributed by atoms with Gasteiger partial charge < -0.3 is 30.1 Å². The number of hydrogen-bond donors (Lipinski definition) is 4. The zero-order chi connectivity index (χ0) is 45.7. The van der Waals surface area contributed by atoms with Crippen molar-refractivity contribution in [2.45, 2.75) is 124 Å². The van der Waals surface area contributed by atoms with Gasteiger partial charge in [0.05, 0.1) is 25.9 Å². The molecule has 1 aliphatic heterocycles. The molecule has 1 fully saturated rings. The minimum atomic E-state index is -0.205. The number of aryl methyl sites for hydroxylation is 6. The Morgan fingerprint density at radius 3 is 1.54 bits per heavy atom. The molecule has 0 aliphatic carbocycles. The van der Waals surface area contributed by atoms with E-state index in [9.17, 15) is 25.2 Å². The van der Waals surface area contributed by atoms with Gasteiger partial charge in [-0.2, -0.15) is 0 Å². The van der Waals surface area contributed by atoms with Crippen LogP contribution in [0.1, 0.15) is 97.9 Å². The van der Waals surface area contributed by atoms with E-state index in [1.165, 1.54) is 5.56 Å². The molecular weight excluding hydrogens is 793 g/mol. The first kappa shape index (κ1) is 48.8. The van der Waals surface area contributed by atoms with Gasteiger partial charge in [0.2, 0.25) is 0 Å². The second-order valence-corrected chi connectivity index (χ2v) is 18.0. The van der Waals surface area contributed by atoms with Crippen molar-refractivity contribution in [3.8, 4) is 11.5 Å². The summed E-state index contributed by atoms with van der Waals surface area (Å²) in [6, 6.07) is 33.7. The lowest BCUT2D eigenvalue weighted by molar-refractivity contribution is -0.340. The first-order chi connectivity index (χ1) is 30.0. The number of rotatable bonds is 17. The maximum atomic E-state index is 12.4. The molecule has 5 aromatic carbocycles. The van der Waals surface area contributed by atoms with E-state index in [4.69, 9.17) is 14.5 Å². The Hall–Kier alpha value is -5.23. The summed E-state index contributed by atoms with van der Waals surface area (Å²) in [5, 5.41) is 38.4. The molecule has 10 heteroatoms. The van der Waals surface area contributed by atoms with E-state index >= 15 is 0 Å². The highest BCUT2D eigenvalue weighted by Crippen LogP contribution is 2.40. The first-order valence-electron chi connectivity index (χ1n) is 22.1. The number of piperidine rings is 1. The van der Waals surface area contributed by atoms with Crippen molar-refractivity contribution in [1.29, 1.82) is 0 Å². The number of aliphatic hydroxyl groups excluding tert-OH is 2. The van der Waals surface area contributed by atoms with Gasteiger partial charge in [0, 0.05) is 41.1 Å². The Morgan fingerprint density at radius 2 is 1.08 bits per heavy atom. The number of phenolic OH excluding ortho intramolecular Hbond substituents is 2. The topological polar surface area (TPSA) is 132 Å². The molecule has 0 amide bonds. The summed E-state index contributed by atoms with van der Waals surface area (Å²) in [5.74, 6) is 0.477. The molecule has 6 rings (SSSR count). The summed E-state index contributed by atoms with van der Waals surface area (Å²) in [4.78, 5) is 28.5. The molecule has 0 atom stereocenters. The minimum Gasteiger partial charge on any atom is -0.507 e. The first-order valence-corrected chi connectivity index (χ1v) is 22.1. The van der Waals surface area contributed by atoms with Crippen LogP contribution in [0.4, 0.5) is 17.1 Å². The third-order valence-electron chi connectivity index (χ3n) is 11.9. The molecule has 0 bridgehead atoms. The summed E-state index contributed by atoms with van der Waals surface area (Å²) in [5.41, 5.74) is 10.2. The molecule has 0 aromatic heterocycles. The van der Waals surface area contributed by atoms with E-state index in [1.54, 1.807) is 0 Å². The summed E-state index contributed by atoms with van der Waals surface area (Å²) in [6.07, 6.45) is 4.24. The van der Waals surface area contributed by atoms with Crippen molar-refractivity contribution in [2.24, 2.45) is 0 Å². The Balaban J connectivity index is 0.000000274. The number of esters is 1. The molecule has 0 spiro atoms. The molecule has 1 saturated heterocycles. The molecule has 0 radical (unpaired) electrons.